The molecule has 0 amide bonds. The van der Waals surface area contributed by atoms with Crippen LogP contribution in [0, 0.1) is 3.95 Å². The highest BCUT2D eigenvalue weighted by Gasteiger charge is 2.15. The van der Waals surface area contributed by atoms with Crippen LogP contribution in [0.1, 0.15) is 45.1 Å². The molecule has 0 fully saturated rings. The van der Waals surface area contributed by atoms with E-state index in [2.05, 4.69) is 4.98 Å². The number of carbonyl (C=O) groups is 1. The van der Waals surface area contributed by atoms with E-state index in [4.69, 9.17) is 12.2 Å². The maximum Gasteiger partial charge on any atom is 0.159 e. The zero-order valence-corrected chi connectivity index (χ0v) is 16.5. The van der Waals surface area contributed by atoms with Crippen LogP contribution in [0.15, 0.2) is 18.2 Å². The Morgan fingerprint density at radius 3 is 2.71 bits per heavy atom. The Morgan fingerprint density at radius 2 is 2.00 bits per heavy atom. The van der Waals surface area contributed by atoms with Gasteiger partial charge in [-0.1, -0.05) is 12.5 Å². The second kappa shape index (κ2) is 8.36. The highest BCUT2D eigenvalue weighted by molar-refractivity contribution is 7.91. The van der Waals surface area contributed by atoms with E-state index in [-0.39, 0.29) is 16.8 Å². The zero-order chi connectivity index (χ0) is 17.7. The van der Waals surface area contributed by atoms with Gasteiger partial charge in [0.1, 0.15) is 5.78 Å². The van der Waals surface area contributed by atoms with Crippen LogP contribution in [0.2, 0.25) is 0 Å². The molecule has 132 valence electrons. The second-order valence-electron chi connectivity index (χ2n) is 6.29. The predicted octanol–water partition coefficient (Wildman–Crippen LogP) is 4.45. The first kappa shape index (κ1) is 19.3. The summed E-state index contributed by atoms with van der Waals surface area (Å²) in [7, 11) is -2.96. The summed E-state index contributed by atoms with van der Waals surface area (Å²) in [5.74, 6) is 0.405. The molecule has 1 heterocycles. The smallest absolute Gasteiger partial charge is 0.159 e. The fourth-order valence-corrected chi connectivity index (χ4v) is 4.64. The summed E-state index contributed by atoms with van der Waals surface area (Å²) in [5, 5.41) is -0.321. The normalized spacial score (nSPS) is 12.1. The second-order valence-corrected chi connectivity index (χ2v) is 10.7. The van der Waals surface area contributed by atoms with Crippen LogP contribution in [0.5, 0.6) is 0 Å². The van der Waals surface area contributed by atoms with E-state index >= 15 is 0 Å². The van der Waals surface area contributed by atoms with Gasteiger partial charge in [0.2, 0.25) is 0 Å². The lowest BCUT2D eigenvalue weighted by atomic mass is 10.0. The molecule has 0 aliphatic rings. The lowest BCUT2D eigenvalue weighted by Crippen LogP contribution is -2.17. The number of hydrogen-bond donors (Lipinski definition) is 1. The van der Waals surface area contributed by atoms with Crippen molar-refractivity contribution in [3.05, 3.63) is 27.7 Å². The van der Waals surface area contributed by atoms with E-state index in [1.54, 1.807) is 13.8 Å². The molecule has 2 aromatic rings. The minimum absolute atomic E-state index is 0.190. The van der Waals surface area contributed by atoms with Gasteiger partial charge in [-0.15, -0.1) is 11.3 Å². The maximum atomic E-state index is 12.1. The number of rotatable bonds is 9. The van der Waals surface area contributed by atoms with Gasteiger partial charge in [-0.05, 0) is 56.6 Å². The van der Waals surface area contributed by atoms with Gasteiger partial charge >= 0.3 is 0 Å². The van der Waals surface area contributed by atoms with Crippen LogP contribution in [-0.2, 0) is 21.1 Å². The number of benzene rings is 1. The number of Topliss-reactive ketones (excluding diaryl/α,β-unsaturated/α-hetero) is 1. The summed E-state index contributed by atoms with van der Waals surface area (Å²) in [6.45, 7) is 3.41. The molecule has 0 aliphatic heterocycles. The molecule has 0 atom stereocenters. The van der Waals surface area contributed by atoms with Crippen molar-refractivity contribution in [3.8, 4) is 0 Å². The number of ketones is 1. The van der Waals surface area contributed by atoms with Gasteiger partial charge in [0.15, 0.2) is 13.8 Å². The molecule has 0 saturated carbocycles. The number of H-pyrrole nitrogens is 1. The number of aromatic nitrogens is 1. The minimum atomic E-state index is -2.96. The van der Waals surface area contributed by atoms with Crippen molar-refractivity contribution in [2.24, 2.45) is 0 Å². The highest BCUT2D eigenvalue weighted by Crippen LogP contribution is 2.21. The number of sulfone groups is 1. The SMILES string of the molecule is CC(C)S(=O)(=O)CCCCCC(=O)Cc1ccc2sc(=S)[nH]c2c1. The summed E-state index contributed by atoms with van der Waals surface area (Å²) in [5.41, 5.74) is 1.97. The van der Waals surface area contributed by atoms with Crippen LogP contribution in [0.3, 0.4) is 0 Å². The average molecular weight is 386 g/mol. The van der Waals surface area contributed by atoms with Crippen LogP contribution >= 0.6 is 23.6 Å². The van der Waals surface area contributed by atoms with Crippen molar-refractivity contribution >= 4 is 49.4 Å². The quantitative estimate of drug-likeness (QED) is 0.511. The maximum absolute atomic E-state index is 12.1. The van der Waals surface area contributed by atoms with E-state index in [0.717, 1.165) is 32.6 Å². The third-order valence-electron chi connectivity index (χ3n) is 3.99. The van der Waals surface area contributed by atoms with Crippen LogP contribution in [0.4, 0.5) is 0 Å². The molecule has 2 rings (SSSR count). The largest absolute Gasteiger partial charge is 0.337 e. The van der Waals surface area contributed by atoms with E-state index in [0.29, 0.717) is 19.3 Å². The van der Waals surface area contributed by atoms with Crippen molar-refractivity contribution in [2.75, 3.05) is 5.75 Å². The standard InChI is InChI=1S/C17H23NO3S3/c1-12(2)24(20,21)9-5-3-4-6-14(19)10-13-7-8-16-15(11-13)18-17(22)23-16/h7-8,11-12H,3-6,9-10H2,1-2H3,(H,18,22). The Balaban J connectivity index is 1.75. The summed E-state index contributed by atoms with van der Waals surface area (Å²) in [4.78, 5) is 15.2. The molecule has 24 heavy (non-hydrogen) atoms. The third kappa shape index (κ3) is 5.50. The number of thiazole rings is 1. The highest BCUT2D eigenvalue weighted by atomic mass is 32.2. The molecule has 0 spiro atoms. The van der Waals surface area contributed by atoms with E-state index < -0.39 is 9.84 Å². The first-order valence-corrected chi connectivity index (χ1v) is 11.1. The van der Waals surface area contributed by atoms with E-state index in [1.807, 2.05) is 18.2 Å². The molecule has 0 unspecified atom stereocenters. The molecule has 4 nitrogen and oxygen atoms in total. The van der Waals surface area contributed by atoms with Crippen LogP contribution in [0.25, 0.3) is 10.2 Å². The van der Waals surface area contributed by atoms with Crippen molar-refractivity contribution in [2.45, 2.75) is 51.2 Å². The number of carbonyl (C=O) groups excluding carboxylic acids is 1. The van der Waals surface area contributed by atoms with Crippen LogP contribution < -0.4 is 0 Å². The molecule has 0 radical (unpaired) electrons. The monoisotopic (exact) mass is 385 g/mol. The molecule has 1 aromatic heterocycles. The number of aromatic amines is 1. The molecule has 0 bridgehead atoms. The van der Waals surface area contributed by atoms with Gasteiger partial charge in [0.05, 0.1) is 21.2 Å². The van der Waals surface area contributed by atoms with E-state index in [1.165, 1.54) is 11.3 Å². The fourth-order valence-electron chi connectivity index (χ4n) is 2.46. The Morgan fingerprint density at radius 1 is 1.25 bits per heavy atom. The van der Waals surface area contributed by atoms with Gasteiger partial charge in [0, 0.05) is 12.8 Å². The Hall–Kier alpha value is -1.05. The lowest BCUT2D eigenvalue weighted by molar-refractivity contribution is -0.118. The molecular formula is C17H23NO3S3. The van der Waals surface area contributed by atoms with Gasteiger partial charge in [0.25, 0.3) is 0 Å². The predicted molar refractivity (Wildman–Crippen MR) is 103 cm³/mol. The molecular weight excluding hydrogens is 362 g/mol. The summed E-state index contributed by atoms with van der Waals surface area (Å²) in [6, 6.07) is 5.94. The number of hydrogen-bond acceptors (Lipinski definition) is 5. The molecule has 1 aromatic carbocycles. The van der Waals surface area contributed by atoms with Gasteiger partial charge in [-0.25, -0.2) is 8.42 Å². The summed E-state index contributed by atoms with van der Waals surface area (Å²) in [6.07, 6.45) is 3.06. The first-order chi connectivity index (χ1) is 11.3. The Kier molecular flexibility index (Phi) is 6.71. The third-order valence-corrected chi connectivity index (χ3v) is 7.50. The minimum Gasteiger partial charge on any atom is -0.337 e. The van der Waals surface area contributed by atoms with Crippen molar-refractivity contribution in [1.82, 2.24) is 4.98 Å². The average Bonchev–Trinajstić information content (AvgIpc) is 2.86. The first-order valence-electron chi connectivity index (χ1n) is 8.13. The van der Waals surface area contributed by atoms with Crippen LogP contribution in [-0.4, -0.2) is 30.2 Å². The topological polar surface area (TPSA) is 67.0 Å². The molecule has 0 saturated heterocycles. The Bertz CT molecular complexity index is 863. The molecule has 7 heteroatoms. The van der Waals surface area contributed by atoms with Crippen molar-refractivity contribution in [3.63, 3.8) is 0 Å². The summed E-state index contributed by atoms with van der Waals surface area (Å²) >= 11 is 6.65. The van der Waals surface area contributed by atoms with Crippen molar-refractivity contribution in [1.29, 1.82) is 0 Å². The van der Waals surface area contributed by atoms with Gasteiger partial charge in [-0.2, -0.15) is 0 Å². The molecule has 1 N–H and O–H groups in total. The Labute approximate surface area is 152 Å². The summed E-state index contributed by atoms with van der Waals surface area (Å²) < 4.78 is 25.2. The van der Waals surface area contributed by atoms with Crippen molar-refractivity contribution < 1.29 is 13.2 Å². The lowest BCUT2D eigenvalue weighted by Gasteiger charge is -2.07. The zero-order valence-electron chi connectivity index (χ0n) is 14.0. The van der Waals surface area contributed by atoms with E-state index in [9.17, 15) is 13.2 Å². The number of fused-ring (bicyclic) bond motifs is 1. The number of unbranched alkanes of at least 4 members (excludes halogenated alkanes) is 2. The van der Waals surface area contributed by atoms with Gasteiger partial charge < -0.3 is 4.98 Å². The van der Waals surface area contributed by atoms with Gasteiger partial charge in [-0.3, -0.25) is 4.79 Å². The molecule has 0 aliphatic carbocycles. The fraction of sp³-hybridized carbons (Fsp3) is 0.529. The number of nitrogens with one attached hydrogen (secondary N) is 1.